The van der Waals surface area contributed by atoms with Gasteiger partial charge in [0.05, 0.1) is 28.3 Å². The Labute approximate surface area is 187 Å². The Bertz CT molecular complexity index is 892. The molecule has 3 N–H and O–H groups in total. The topological polar surface area (TPSA) is 82.2 Å². The first-order valence-corrected chi connectivity index (χ1v) is 10.9. The molecule has 1 aromatic heterocycles. The first-order chi connectivity index (χ1) is 14.4. The van der Waals surface area contributed by atoms with Crippen LogP contribution in [0.1, 0.15) is 43.1 Å². The number of benzene rings is 1. The molecule has 2 amide bonds. The number of halogens is 2. The highest BCUT2D eigenvalue weighted by molar-refractivity contribution is 6.42. The number of nitrogens with one attached hydrogen (secondary N) is 3. The smallest absolute Gasteiger partial charge is 0.318 e. The van der Waals surface area contributed by atoms with Crippen LogP contribution in [0, 0.1) is 0 Å². The molecule has 30 heavy (non-hydrogen) atoms. The molecule has 0 saturated heterocycles. The summed E-state index contributed by atoms with van der Waals surface area (Å²) >= 11 is 12.2. The number of carbonyl (C=O) groups excluding carboxylic acids is 1. The minimum atomic E-state index is -0.176. The molecule has 3 rings (SSSR count). The van der Waals surface area contributed by atoms with Gasteiger partial charge < -0.3 is 20.9 Å². The van der Waals surface area contributed by atoms with Crippen LogP contribution in [0.4, 0.5) is 10.7 Å². The van der Waals surface area contributed by atoms with Crippen molar-refractivity contribution in [1.29, 1.82) is 0 Å². The number of anilines is 1. The van der Waals surface area contributed by atoms with Crippen molar-refractivity contribution < 1.29 is 4.79 Å². The summed E-state index contributed by atoms with van der Waals surface area (Å²) in [5, 5.41) is 10.5. The highest BCUT2D eigenvalue weighted by Gasteiger charge is 2.25. The molecule has 0 aliphatic carbocycles. The van der Waals surface area contributed by atoms with E-state index in [2.05, 4.69) is 25.9 Å². The quantitative estimate of drug-likeness (QED) is 0.593. The molecule has 1 aliphatic rings. The second-order valence-corrected chi connectivity index (χ2v) is 8.52. The predicted molar refractivity (Wildman–Crippen MR) is 121 cm³/mol. The molecule has 1 atom stereocenters. The van der Waals surface area contributed by atoms with Crippen molar-refractivity contribution in [2.75, 3.05) is 25.5 Å². The maximum atomic E-state index is 13.0. The average molecular weight is 451 g/mol. The minimum absolute atomic E-state index is 0.121. The van der Waals surface area contributed by atoms with Gasteiger partial charge in [-0.3, -0.25) is 0 Å². The fraction of sp³-hybridized carbons (Fsp3) is 0.476. The largest absolute Gasteiger partial charge is 0.352 e. The van der Waals surface area contributed by atoms with E-state index in [1.54, 1.807) is 11.0 Å². The molecular weight excluding hydrogens is 423 g/mol. The van der Waals surface area contributed by atoms with Gasteiger partial charge in [0, 0.05) is 18.8 Å². The Hall–Kier alpha value is -2.09. The monoisotopic (exact) mass is 450 g/mol. The van der Waals surface area contributed by atoms with Crippen LogP contribution in [0.25, 0.3) is 0 Å². The highest BCUT2D eigenvalue weighted by atomic mass is 35.5. The van der Waals surface area contributed by atoms with Crippen molar-refractivity contribution in [2.24, 2.45) is 0 Å². The van der Waals surface area contributed by atoms with Crippen LogP contribution in [-0.2, 0) is 13.0 Å². The van der Waals surface area contributed by atoms with E-state index in [1.807, 2.05) is 39.2 Å². The van der Waals surface area contributed by atoms with Gasteiger partial charge in [-0.25, -0.2) is 14.8 Å². The summed E-state index contributed by atoms with van der Waals surface area (Å²) in [5.74, 6) is 0.591. The molecule has 0 unspecified atom stereocenters. The molecule has 0 fully saturated rings. The van der Waals surface area contributed by atoms with Gasteiger partial charge in [0.1, 0.15) is 0 Å². The van der Waals surface area contributed by atoms with Gasteiger partial charge in [0.25, 0.3) is 0 Å². The number of aromatic nitrogens is 2. The highest BCUT2D eigenvalue weighted by Crippen LogP contribution is 2.27. The first-order valence-electron chi connectivity index (χ1n) is 10.1. The van der Waals surface area contributed by atoms with E-state index < -0.39 is 0 Å². The van der Waals surface area contributed by atoms with Crippen molar-refractivity contribution in [1.82, 2.24) is 25.5 Å². The second-order valence-electron chi connectivity index (χ2n) is 7.70. The van der Waals surface area contributed by atoms with E-state index in [4.69, 9.17) is 23.2 Å². The van der Waals surface area contributed by atoms with Crippen LogP contribution < -0.4 is 16.0 Å². The number of fused-ring (bicyclic) bond motifs is 1. The summed E-state index contributed by atoms with van der Waals surface area (Å²) in [6, 6.07) is 5.42. The lowest BCUT2D eigenvalue weighted by atomic mass is 10.0. The van der Waals surface area contributed by atoms with Crippen LogP contribution >= 0.6 is 23.2 Å². The summed E-state index contributed by atoms with van der Waals surface area (Å²) in [4.78, 5) is 23.8. The van der Waals surface area contributed by atoms with Crippen molar-refractivity contribution in [3.8, 4) is 0 Å². The Kier molecular flexibility index (Phi) is 7.75. The zero-order valence-electron chi connectivity index (χ0n) is 17.5. The Balaban J connectivity index is 1.72. The summed E-state index contributed by atoms with van der Waals surface area (Å²) in [5.41, 5.74) is 2.90. The standard InChI is InChI=1S/C21H28Cl2N6O/c1-13(2)26-20-25-11-15-7-9-29(12-19(15)27-20)21(30)28-18(6-8-24-3)14-4-5-16(22)17(23)10-14/h4-5,10-11,13,18,24H,6-9,12H2,1-3H3,(H,28,30)(H,25,26,27)/t18-/m1/s1. The van der Waals surface area contributed by atoms with Crippen LogP contribution in [0.3, 0.4) is 0 Å². The molecule has 2 heterocycles. The molecule has 7 nitrogen and oxygen atoms in total. The summed E-state index contributed by atoms with van der Waals surface area (Å²) in [7, 11) is 1.89. The maximum absolute atomic E-state index is 13.0. The summed E-state index contributed by atoms with van der Waals surface area (Å²) in [6.45, 7) is 5.91. The zero-order valence-corrected chi connectivity index (χ0v) is 19.0. The molecule has 1 aromatic carbocycles. The molecule has 2 aromatic rings. The number of amides is 2. The first kappa shape index (κ1) is 22.6. The van der Waals surface area contributed by atoms with E-state index in [0.29, 0.717) is 29.1 Å². The lowest BCUT2D eigenvalue weighted by Crippen LogP contribution is -2.44. The van der Waals surface area contributed by atoms with E-state index in [-0.39, 0.29) is 18.1 Å². The van der Waals surface area contributed by atoms with Crippen LogP contribution in [-0.4, -0.2) is 47.1 Å². The number of hydrogen-bond donors (Lipinski definition) is 3. The van der Waals surface area contributed by atoms with Crippen molar-refractivity contribution in [2.45, 2.75) is 45.3 Å². The average Bonchev–Trinajstić information content (AvgIpc) is 2.72. The van der Waals surface area contributed by atoms with E-state index >= 15 is 0 Å². The minimum Gasteiger partial charge on any atom is -0.352 e. The van der Waals surface area contributed by atoms with Crippen molar-refractivity contribution in [3.05, 3.63) is 51.3 Å². The van der Waals surface area contributed by atoms with Gasteiger partial charge in [0.2, 0.25) is 5.95 Å². The number of urea groups is 1. The number of carbonyl (C=O) groups is 1. The number of hydrogen-bond acceptors (Lipinski definition) is 5. The maximum Gasteiger partial charge on any atom is 0.318 e. The van der Waals surface area contributed by atoms with Crippen LogP contribution in [0.5, 0.6) is 0 Å². The molecular formula is C21H28Cl2N6O. The van der Waals surface area contributed by atoms with Gasteiger partial charge in [-0.2, -0.15) is 0 Å². The summed E-state index contributed by atoms with van der Waals surface area (Å²) in [6.07, 6.45) is 3.32. The fourth-order valence-corrected chi connectivity index (χ4v) is 3.69. The molecule has 9 heteroatoms. The Morgan fingerprint density at radius 2 is 2.07 bits per heavy atom. The molecule has 0 bridgehead atoms. The lowest BCUT2D eigenvalue weighted by Gasteiger charge is -2.30. The van der Waals surface area contributed by atoms with Gasteiger partial charge in [-0.05, 0) is 63.5 Å². The number of nitrogens with zero attached hydrogens (tertiary/aromatic N) is 3. The third-order valence-corrected chi connectivity index (χ3v) is 5.72. The Morgan fingerprint density at radius 3 is 2.77 bits per heavy atom. The van der Waals surface area contributed by atoms with Crippen molar-refractivity contribution >= 4 is 35.2 Å². The van der Waals surface area contributed by atoms with Gasteiger partial charge in [0.15, 0.2) is 0 Å². The van der Waals surface area contributed by atoms with E-state index in [9.17, 15) is 4.79 Å². The van der Waals surface area contributed by atoms with Crippen molar-refractivity contribution in [3.63, 3.8) is 0 Å². The lowest BCUT2D eigenvalue weighted by molar-refractivity contribution is 0.186. The number of rotatable bonds is 7. The molecule has 1 aliphatic heterocycles. The van der Waals surface area contributed by atoms with E-state index in [0.717, 1.165) is 36.2 Å². The van der Waals surface area contributed by atoms with Gasteiger partial charge in [-0.1, -0.05) is 29.3 Å². The molecule has 0 radical (unpaired) electrons. The fourth-order valence-electron chi connectivity index (χ4n) is 3.38. The van der Waals surface area contributed by atoms with Gasteiger partial charge in [-0.15, -0.1) is 0 Å². The molecule has 0 saturated carbocycles. The third kappa shape index (κ3) is 5.74. The normalized spacial score (nSPS) is 14.4. The van der Waals surface area contributed by atoms with Gasteiger partial charge >= 0.3 is 6.03 Å². The van der Waals surface area contributed by atoms with Crippen LogP contribution in [0.15, 0.2) is 24.4 Å². The van der Waals surface area contributed by atoms with E-state index in [1.165, 1.54) is 0 Å². The second kappa shape index (κ2) is 10.3. The molecule has 162 valence electrons. The zero-order chi connectivity index (χ0) is 21.7. The molecule has 0 spiro atoms. The third-order valence-electron chi connectivity index (χ3n) is 4.98. The van der Waals surface area contributed by atoms with Crippen LogP contribution in [0.2, 0.25) is 10.0 Å². The Morgan fingerprint density at radius 1 is 1.27 bits per heavy atom. The predicted octanol–water partition coefficient (Wildman–Crippen LogP) is 4.02. The SMILES string of the molecule is CNCC[C@@H](NC(=O)N1CCc2cnc(NC(C)C)nc2C1)c1ccc(Cl)c(Cl)c1. The summed E-state index contributed by atoms with van der Waals surface area (Å²) < 4.78 is 0.